The Balaban J connectivity index is 1.26. The molecule has 226 valence electrons. The minimum atomic E-state index is -0.648. The Labute approximate surface area is 246 Å². The largest absolute Gasteiger partial charge is 0.461 e. The van der Waals surface area contributed by atoms with Crippen LogP contribution < -0.4 is 0 Å². The molecule has 0 radical (unpaired) electrons. The van der Waals surface area contributed by atoms with E-state index in [2.05, 4.69) is 30.6 Å². The smallest absolute Gasteiger partial charge is 0.311 e. The molecule has 1 heterocycles. The van der Waals surface area contributed by atoms with Gasteiger partial charge in [0.1, 0.15) is 11.9 Å². The minimum absolute atomic E-state index is 0.151. The van der Waals surface area contributed by atoms with E-state index >= 15 is 0 Å². The molecule has 1 aromatic heterocycles. The third-order valence-electron chi connectivity index (χ3n) is 10.8. The highest BCUT2D eigenvalue weighted by Crippen LogP contribution is 2.59. The summed E-state index contributed by atoms with van der Waals surface area (Å²) >= 11 is 0. The second kappa shape index (κ2) is 11.5. The topological polar surface area (TPSA) is 92.8 Å². The maximum atomic E-state index is 13.0. The quantitative estimate of drug-likeness (QED) is 0.322. The number of aromatic nitrogens is 1. The summed E-state index contributed by atoms with van der Waals surface area (Å²) in [4.78, 5) is 17.6. The average molecular weight is 566 g/mol. The van der Waals surface area contributed by atoms with Crippen LogP contribution in [0.2, 0.25) is 0 Å². The lowest BCUT2D eigenvalue weighted by atomic mass is 9.62. The van der Waals surface area contributed by atoms with E-state index in [4.69, 9.17) is 9.15 Å². The summed E-state index contributed by atoms with van der Waals surface area (Å²) in [6.45, 7) is 14.3. The highest BCUT2D eigenvalue weighted by molar-refractivity contribution is 5.75. The Morgan fingerprint density at radius 1 is 1.24 bits per heavy atom. The van der Waals surface area contributed by atoms with Crippen molar-refractivity contribution in [3.05, 3.63) is 53.3 Å². The lowest BCUT2D eigenvalue weighted by molar-refractivity contribution is -0.161. The van der Waals surface area contributed by atoms with Crippen molar-refractivity contribution in [1.29, 1.82) is 0 Å². The molecule has 0 amide bonds. The van der Waals surface area contributed by atoms with Crippen LogP contribution in [0.5, 0.6) is 0 Å². The highest BCUT2D eigenvalue weighted by atomic mass is 16.5. The van der Waals surface area contributed by atoms with E-state index < -0.39 is 17.6 Å². The van der Waals surface area contributed by atoms with Crippen molar-refractivity contribution >= 4 is 5.97 Å². The summed E-state index contributed by atoms with van der Waals surface area (Å²) in [5.74, 6) is 2.60. The maximum absolute atomic E-state index is 13.0. The standard InChI is InChI=1S/C35H51NO5/c1-22-21-36-31(40-22)35(17-18-35)30(41-32(39)33(3,4)5)11-7-10-26-14-15-28-24(9-8-16-34(26,28)6)12-13-25-19-27(37)20-29(38)23(25)2/h12-13,21,26-30,37-38H,2,7-11,14-20H2,1,3-6H3/b24-12+,25-13-/t26?,27-,28?,29+,30?,34?/m1/s1. The zero-order chi connectivity index (χ0) is 29.6. The first-order valence-corrected chi connectivity index (χ1v) is 15.9. The third-order valence-corrected chi connectivity index (χ3v) is 10.8. The molecule has 5 rings (SSSR count). The number of fused-ring (bicyclic) bond motifs is 1. The Hall–Kier alpha value is -2.18. The van der Waals surface area contributed by atoms with E-state index in [9.17, 15) is 15.0 Å². The maximum Gasteiger partial charge on any atom is 0.311 e. The fraction of sp³-hybridized carbons (Fsp3) is 0.714. The van der Waals surface area contributed by atoms with Gasteiger partial charge in [0.25, 0.3) is 0 Å². The van der Waals surface area contributed by atoms with Crippen LogP contribution in [0.4, 0.5) is 0 Å². The molecule has 4 aliphatic carbocycles. The van der Waals surface area contributed by atoms with E-state index in [1.165, 1.54) is 31.3 Å². The van der Waals surface area contributed by atoms with Crippen molar-refractivity contribution in [2.45, 2.75) is 135 Å². The van der Waals surface area contributed by atoms with Crippen molar-refractivity contribution in [1.82, 2.24) is 4.98 Å². The predicted octanol–water partition coefficient (Wildman–Crippen LogP) is 7.28. The number of oxazole rings is 1. The average Bonchev–Trinajstić information content (AvgIpc) is 3.47. The summed E-state index contributed by atoms with van der Waals surface area (Å²) in [6, 6.07) is 0. The van der Waals surface area contributed by atoms with Gasteiger partial charge in [-0.25, -0.2) is 4.98 Å². The van der Waals surface area contributed by atoms with Gasteiger partial charge < -0.3 is 19.4 Å². The van der Waals surface area contributed by atoms with Crippen molar-refractivity contribution in [2.75, 3.05) is 0 Å². The molecule has 4 aliphatic rings. The highest BCUT2D eigenvalue weighted by Gasteiger charge is 2.57. The molecule has 2 N–H and O–H groups in total. The number of aliphatic hydroxyl groups is 2. The Morgan fingerprint density at radius 3 is 2.66 bits per heavy atom. The van der Waals surface area contributed by atoms with Crippen molar-refractivity contribution < 1.29 is 24.2 Å². The van der Waals surface area contributed by atoms with E-state index in [-0.39, 0.29) is 22.9 Å². The molecule has 0 aromatic carbocycles. The van der Waals surface area contributed by atoms with Gasteiger partial charge in [0.2, 0.25) is 5.89 Å². The number of carbonyl (C=O) groups excluding carboxylic acids is 1. The lowest BCUT2D eigenvalue weighted by Crippen LogP contribution is -2.36. The molecular weight excluding hydrogens is 514 g/mol. The van der Waals surface area contributed by atoms with Crippen LogP contribution in [-0.2, 0) is 14.9 Å². The molecule has 0 spiro atoms. The van der Waals surface area contributed by atoms with Gasteiger partial charge in [0.15, 0.2) is 0 Å². The first-order valence-electron chi connectivity index (χ1n) is 15.9. The van der Waals surface area contributed by atoms with Crippen LogP contribution in [0.15, 0.2) is 46.1 Å². The van der Waals surface area contributed by atoms with Crippen LogP contribution in [0.3, 0.4) is 0 Å². The van der Waals surface area contributed by atoms with Crippen LogP contribution >= 0.6 is 0 Å². The van der Waals surface area contributed by atoms with Gasteiger partial charge in [-0.05, 0) is 127 Å². The van der Waals surface area contributed by atoms with Gasteiger partial charge in [-0.3, -0.25) is 4.79 Å². The van der Waals surface area contributed by atoms with Gasteiger partial charge in [-0.2, -0.15) is 0 Å². The molecule has 6 nitrogen and oxygen atoms in total. The normalized spacial score (nSPS) is 34.1. The van der Waals surface area contributed by atoms with Crippen LogP contribution in [-0.4, -0.2) is 39.5 Å². The number of carbonyl (C=O) groups is 1. The number of aliphatic hydroxyl groups excluding tert-OH is 2. The fourth-order valence-electron chi connectivity index (χ4n) is 7.98. The number of esters is 1. The second-order valence-electron chi connectivity index (χ2n) is 14.8. The molecule has 0 aliphatic heterocycles. The molecule has 6 heteroatoms. The van der Waals surface area contributed by atoms with Crippen LogP contribution in [0, 0.1) is 29.6 Å². The summed E-state index contributed by atoms with van der Waals surface area (Å²) in [5.41, 5.74) is 2.70. The summed E-state index contributed by atoms with van der Waals surface area (Å²) in [7, 11) is 0. The van der Waals surface area contributed by atoms with Gasteiger partial charge >= 0.3 is 5.97 Å². The molecule has 4 fully saturated rings. The Kier molecular flexibility index (Phi) is 8.48. The van der Waals surface area contributed by atoms with Crippen molar-refractivity contribution in [3.63, 3.8) is 0 Å². The van der Waals surface area contributed by atoms with Crippen molar-refractivity contribution in [2.24, 2.45) is 22.7 Å². The van der Waals surface area contributed by atoms with Gasteiger partial charge in [-0.1, -0.05) is 31.2 Å². The number of nitrogens with zero attached hydrogens (tertiary/aromatic N) is 1. The minimum Gasteiger partial charge on any atom is -0.461 e. The van der Waals surface area contributed by atoms with Crippen LogP contribution in [0.25, 0.3) is 0 Å². The van der Waals surface area contributed by atoms with Crippen LogP contribution in [0.1, 0.15) is 116 Å². The number of aryl methyl sites for hydroxylation is 1. The van der Waals surface area contributed by atoms with Crippen molar-refractivity contribution in [3.8, 4) is 0 Å². The number of hydrogen-bond acceptors (Lipinski definition) is 6. The Bertz CT molecular complexity index is 1200. The lowest BCUT2D eigenvalue weighted by Gasteiger charge is -2.42. The van der Waals surface area contributed by atoms with Gasteiger partial charge in [0.05, 0.1) is 29.2 Å². The number of rotatable bonds is 8. The molecule has 4 saturated carbocycles. The molecule has 0 saturated heterocycles. The molecular formula is C35H51NO5. The zero-order valence-electron chi connectivity index (χ0n) is 25.9. The second-order valence-corrected chi connectivity index (χ2v) is 14.8. The number of allylic oxidation sites excluding steroid dienone is 3. The molecule has 1 aromatic rings. The fourth-order valence-corrected chi connectivity index (χ4v) is 7.98. The predicted molar refractivity (Wildman–Crippen MR) is 160 cm³/mol. The summed E-state index contributed by atoms with van der Waals surface area (Å²) in [6.07, 6.45) is 16.7. The zero-order valence-corrected chi connectivity index (χ0v) is 25.9. The molecule has 41 heavy (non-hydrogen) atoms. The van der Waals surface area contributed by atoms with E-state index in [1.807, 2.05) is 27.7 Å². The monoisotopic (exact) mass is 565 g/mol. The first kappa shape index (κ1) is 30.3. The van der Waals surface area contributed by atoms with Gasteiger partial charge in [0, 0.05) is 6.42 Å². The molecule has 0 bridgehead atoms. The van der Waals surface area contributed by atoms with E-state index in [0.717, 1.165) is 61.3 Å². The summed E-state index contributed by atoms with van der Waals surface area (Å²) in [5, 5.41) is 20.4. The van der Waals surface area contributed by atoms with Gasteiger partial charge in [-0.15, -0.1) is 0 Å². The van der Waals surface area contributed by atoms with E-state index in [0.29, 0.717) is 24.7 Å². The third kappa shape index (κ3) is 6.15. The molecule has 4 unspecified atom stereocenters. The molecule has 6 atom stereocenters. The van der Waals surface area contributed by atoms with E-state index in [1.54, 1.807) is 6.20 Å². The Morgan fingerprint density at radius 2 is 2.00 bits per heavy atom. The summed E-state index contributed by atoms with van der Waals surface area (Å²) < 4.78 is 12.2. The number of ether oxygens (including phenoxy) is 1. The number of hydrogen-bond donors (Lipinski definition) is 2. The first-order chi connectivity index (χ1) is 19.3. The SMILES string of the molecule is C=C1/C(=C\C=C2/CCCC3(C)C(CCCC(OC(=O)C(C)(C)C)C4(c5ncc(C)o5)CC4)CCC23)C[C@@H](O)C[C@@H]1O.